The third kappa shape index (κ3) is 3.26. The van der Waals surface area contributed by atoms with Gasteiger partial charge in [-0.2, -0.15) is 11.8 Å². The number of nitrogens with zero attached hydrogens (tertiary/aromatic N) is 2. The summed E-state index contributed by atoms with van der Waals surface area (Å²) in [6, 6.07) is 15.3. The molecule has 2 aromatic carbocycles. The van der Waals surface area contributed by atoms with Gasteiger partial charge in [-0.1, -0.05) is 36.4 Å². The second-order valence-electron chi connectivity index (χ2n) is 7.09. The number of hydrogen-bond donors (Lipinski definition) is 2. The summed E-state index contributed by atoms with van der Waals surface area (Å²) in [7, 11) is 0. The summed E-state index contributed by atoms with van der Waals surface area (Å²) < 4.78 is 1.87. The van der Waals surface area contributed by atoms with Gasteiger partial charge in [0.05, 0.1) is 16.8 Å². The van der Waals surface area contributed by atoms with Gasteiger partial charge in [-0.3, -0.25) is 4.79 Å². The molecule has 1 aliphatic rings. The van der Waals surface area contributed by atoms with Crippen LogP contribution in [0.4, 0.5) is 0 Å². The van der Waals surface area contributed by atoms with Gasteiger partial charge in [-0.15, -0.1) is 0 Å². The van der Waals surface area contributed by atoms with Gasteiger partial charge in [0.15, 0.2) is 0 Å². The van der Waals surface area contributed by atoms with Gasteiger partial charge in [-0.25, -0.2) is 9.78 Å². The number of para-hydroxylation sites is 2. The van der Waals surface area contributed by atoms with E-state index in [1.807, 2.05) is 59.4 Å². The predicted octanol–water partition coefficient (Wildman–Crippen LogP) is 2.64. The highest BCUT2D eigenvalue weighted by Crippen LogP contribution is 2.30. The van der Waals surface area contributed by atoms with E-state index < -0.39 is 11.5 Å². The number of benzene rings is 2. The fraction of sp³-hybridized carbons (Fsp3) is 0.286. The fourth-order valence-corrected chi connectivity index (χ4v) is 4.38. The monoisotopic (exact) mass is 395 g/mol. The smallest absolute Gasteiger partial charge is 0.330 e. The van der Waals surface area contributed by atoms with Crippen LogP contribution in [0.15, 0.2) is 48.5 Å². The van der Waals surface area contributed by atoms with Crippen molar-refractivity contribution in [1.82, 2.24) is 14.9 Å². The number of hydrogen-bond acceptors (Lipinski definition) is 4. The molecule has 0 saturated carbocycles. The Balaban J connectivity index is 1.60. The molecule has 0 radical (unpaired) electrons. The van der Waals surface area contributed by atoms with Crippen LogP contribution in [-0.2, 0) is 34.7 Å². The molecule has 0 saturated heterocycles. The fourth-order valence-electron chi connectivity index (χ4n) is 3.90. The average molecular weight is 395 g/mol. The van der Waals surface area contributed by atoms with E-state index in [9.17, 15) is 14.7 Å². The molecule has 28 heavy (non-hydrogen) atoms. The van der Waals surface area contributed by atoms with E-state index in [1.165, 1.54) is 0 Å². The Kier molecular flexibility index (Phi) is 4.85. The number of thioether (sulfide) groups is 1. The van der Waals surface area contributed by atoms with Crippen molar-refractivity contribution in [3.8, 4) is 0 Å². The molecule has 144 valence electrons. The number of carbonyl (C=O) groups excluding carboxylic acids is 1. The summed E-state index contributed by atoms with van der Waals surface area (Å²) in [6.45, 7) is 0.0434. The van der Waals surface area contributed by atoms with E-state index in [2.05, 4.69) is 10.3 Å². The molecule has 1 amide bonds. The van der Waals surface area contributed by atoms with Crippen LogP contribution in [-0.4, -0.2) is 38.3 Å². The lowest BCUT2D eigenvalue weighted by atomic mass is 9.95. The minimum atomic E-state index is -1.29. The first-order chi connectivity index (χ1) is 13.5. The molecule has 1 aliphatic carbocycles. The van der Waals surface area contributed by atoms with Crippen LogP contribution in [0.1, 0.15) is 17.0 Å². The first-order valence-corrected chi connectivity index (χ1v) is 10.5. The minimum Gasteiger partial charge on any atom is -0.479 e. The summed E-state index contributed by atoms with van der Waals surface area (Å²) in [5.74, 6) is 0.165. The van der Waals surface area contributed by atoms with Crippen LogP contribution in [0.5, 0.6) is 0 Å². The zero-order valence-corrected chi connectivity index (χ0v) is 16.3. The van der Waals surface area contributed by atoms with Crippen LogP contribution in [0.2, 0.25) is 0 Å². The van der Waals surface area contributed by atoms with Gasteiger partial charge in [-0.05, 0) is 29.5 Å². The first kappa shape index (κ1) is 18.6. The number of carboxylic acid groups (broad SMARTS) is 1. The van der Waals surface area contributed by atoms with E-state index in [0.29, 0.717) is 18.6 Å². The van der Waals surface area contributed by atoms with Gasteiger partial charge in [0, 0.05) is 12.8 Å². The number of carboxylic acids is 1. The molecule has 0 spiro atoms. The second kappa shape index (κ2) is 7.31. The maximum absolute atomic E-state index is 12.9. The van der Waals surface area contributed by atoms with E-state index in [1.54, 1.807) is 11.8 Å². The van der Waals surface area contributed by atoms with Gasteiger partial charge in [0.2, 0.25) is 5.91 Å². The molecule has 6 nitrogen and oxygen atoms in total. The van der Waals surface area contributed by atoms with Gasteiger partial charge >= 0.3 is 5.97 Å². The van der Waals surface area contributed by atoms with Crippen molar-refractivity contribution in [3.05, 3.63) is 65.5 Å². The third-order valence-corrected chi connectivity index (χ3v) is 5.75. The van der Waals surface area contributed by atoms with Gasteiger partial charge in [0.1, 0.15) is 17.9 Å². The molecule has 2 N–H and O–H groups in total. The number of fused-ring (bicyclic) bond motifs is 2. The highest BCUT2D eigenvalue weighted by molar-refractivity contribution is 7.97. The summed E-state index contributed by atoms with van der Waals surface area (Å²) in [5, 5.41) is 12.7. The molecule has 0 bridgehead atoms. The summed E-state index contributed by atoms with van der Waals surface area (Å²) in [4.78, 5) is 29.6. The summed E-state index contributed by atoms with van der Waals surface area (Å²) >= 11 is 1.63. The van der Waals surface area contributed by atoms with Crippen LogP contribution in [0.3, 0.4) is 0 Å². The molecule has 0 fully saturated rings. The predicted molar refractivity (Wildman–Crippen MR) is 109 cm³/mol. The number of amides is 1. The van der Waals surface area contributed by atoms with Crippen molar-refractivity contribution in [2.45, 2.75) is 30.7 Å². The highest BCUT2D eigenvalue weighted by Gasteiger charge is 2.45. The lowest BCUT2D eigenvalue weighted by Gasteiger charge is -2.26. The van der Waals surface area contributed by atoms with Crippen molar-refractivity contribution >= 4 is 34.7 Å². The lowest BCUT2D eigenvalue weighted by molar-refractivity contribution is -0.147. The molecule has 4 rings (SSSR count). The summed E-state index contributed by atoms with van der Waals surface area (Å²) in [6.07, 6.45) is 2.58. The normalized spacial score (nSPS) is 14.8. The Morgan fingerprint density at radius 2 is 1.79 bits per heavy atom. The molecule has 0 atom stereocenters. The number of imidazole rings is 1. The number of nitrogens with one attached hydrogen (secondary N) is 1. The third-order valence-electron chi connectivity index (χ3n) is 5.20. The number of aromatic nitrogens is 2. The maximum Gasteiger partial charge on any atom is 0.330 e. The molecule has 0 unspecified atom stereocenters. The van der Waals surface area contributed by atoms with Crippen molar-refractivity contribution in [3.63, 3.8) is 0 Å². The molecular weight excluding hydrogens is 374 g/mol. The van der Waals surface area contributed by atoms with Crippen LogP contribution < -0.4 is 5.32 Å². The average Bonchev–Trinajstić information content (AvgIpc) is 3.21. The Bertz CT molecular complexity index is 1030. The zero-order valence-electron chi connectivity index (χ0n) is 15.5. The van der Waals surface area contributed by atoms with E-state index in [0.717, 1.165) is 28.0 Å². The maximum atomic E-state index is 12.9. The van der Waals surface area contributed by atoms with E-state index >= 15 is 0 Å². The van der Waals surface area contributed by atoms with E-state index in [4.69, 9.17) is 0 Å². The van der Waals surface area contributed by atoms with Crippen molar-refractivity contribution in [2.75, 3.05) is 6.26 Å². The van der Waals surface area contributed by atoms with Crippen LogP contribution >= 0.6 is 11.8 Å². The lowest BCUT2D eigenvalue weighted by Crippen LogP contribution is -2.56. The molecular formula is C21H21N3O3S. The quantitative estimate of drug-likeness (QED) is 0.670. The van der Waals surface area contributed by atoms with Crippen molar-refractivity contribution < 1.29 is 14.7 Å². The number of carbonyl (C=O) groups is 2. The van der Waals surface area contributed by atoms with Crippen LogP contribution in [0.25, 0.3) is 11.0 Å². The summed E-state index contributed by atoms with van der Waals surface area (Å²) in [5.41, 5.74) is 2.36. The van der Waals surface area contributed by atoms with Gasteiger partial charge < -0.3 is 15.0 Å². The van der Waals surface area contributed by atoms with E-state index in [-0.39, 0.29) is 12.5 Å². The van der Waals surface area contributed by atoms with Crippen LogP contribution in [0, 0.1) is 0 Å². The first-order valence-electron chi connectivity index (χ1n) is 9.07. The Hall–Kier alpha value is -2.80. The van der Waals surface area contributed by atoms with Gasteiger partial charge in [0.25, 0.3) is 0 Å². The second-order valence-corrected chi connectivity index (χ2v) is 7.96. The molecule has 3 aromatic rings. The minimum absolute atomic E-state index is 0.0434. The Morgan fingerprint density at radius 1 is 1.14 bits per heavy atom. The highest BCUT2D eigenvalue weighted by atomic mass is 32.2. The Labute approximate surface area is 167 Å². The SMILES string of the molecule is CSCc1nc2ccccc2n1CC(=O)NC1(C(=O)O)Cc2ccccc2C1. The molecule has 1 aromatic heterocycles. The largest absolute Gasteiger partial charge is 0.479 e. The van der Waals surface area contributed by atoms with Crippen molar-refractivity contribution in [1.29, 1.82) is 0 Å². The van der Waals surface area contributed by atoms with Crippen molar-refractivity contribution in [2.24, 2.45) is 0 Å². The topological polar surface area (TPSA) is 84.2 Å². The zero-order chi connectivity index (χ0) is 19.7. The molecule has 0 aliphatic heterocycles. The molecule has 7 heteroatoms. The Morgan fingerprint density at radius 3 is 2.43 bits per heavy atom. The molecule has 1 heterocycles. The standard InChI is InChI=1S/C21H21N3O3S/c1-28-13-18-22-16-8-4-5-9-17(16)24(18)12-19(25)23-21(20(26)27)10-14-6-2-3-7-15(14)11-21/h2-9H,10-13H2,1H3,(H,23,25)(H,26,27). The number of aliphatic carboxylic acids is 1. The number of rotatable bonds is 6.